The Balaban J connectivity index is 1.42. The Labute approximate surface area is 168 Å². The summed E-state index contributed by atoms with van der Waals surface area (Å²) < 4.78 is 11.3. The Morgan fingerprint density at radius 2 is 1.82 bits per heavy atom. The van der Waals surface area contributed by atoms with Crippen molar-refractivity contribution in [2.45, 2.75) is 45.8 Å². The van der Waals surface area contributed by atoms with E-state index in [0.717, 1.165) is 49.9 Å². The number of aliphatic hydroxyl groups is 1. The summed E-state index contributed by atoms with van der Waals surface area (Å²) in [6.45, 7) is 14.0. The first kappa shape index (κ1) is 20.8. The predicted molar refractivity (Wildman–Crippen MR) is 110 cm³/mol. The fourth-order valence-corrected chi connectivity index (χ4v) is 3.59. The van der Waals surface area contributed by atoms with Gasteiger partial charge in [0.15, 0.2) is 5.76 Å². The van der Waals surface area contributed by atoms with E-state index in [1.807, 2.05) is 31.2 Å². The summed E-state index contributed by atoms with van der Waals surface area (Å²) in [5.41, 5.74) is 2.10. The number of hydrogen-bond acceptors (Lipinski definition) is 6. The second-order valence-electron chi connectivity index (χ2n) is 8.72. The quantitative estimate of drug-likeness (QED) is 0.788. The second kappa shape index (κ2) is 9.07. The fourth-order valence-electron chi connectivity index (χ4n) is 3.59. The highest BCUT2D eigenvalue weighted by molar-refractivity contribution is 5.38. The van der Waals surface area contributed by atoms with E-state index in [1.54, 1.807) is 0 Å². The van der Waals surface area contributed by atoms with Gasteiger partial charge in [0.25, 0.3) is 0 Å². The molecule has 1 aliphatic heterocycles. The standard InChI is InChI=1S/C22H33N3O3/c1-17-13-19(28-23-17)15-25-11-9-24(10-12-25)14-18(26)16-27-21-8-6-5-7-20(21)22(2,3)4/h5-8,13,18,26H,9-12,14-16H2,1-4H3. The van der Waals surface area contributed by atoms with Crippen LogP contribution in [0.4, 0.5) is 0 Å². The number of ether oxygens (including phenoxy) is 1. The van der Waals surface area contributed by atoms with Crippen molar-refractivity contribution in [1.29, 1.82) is 0 Å². The summed E-state index contributed by atoms with van der Waals surface area (Å²) in [4.78, 5) is 4.66. The summed E-state index contributed by atoms with van der Waals surface area (Å²) in [6.07, 6.45) is -0.503. The van der Waals surface area contributed by atoms with Crippen LogP contribution in [0.1, 0.15) is 37.8 Å². The first-order valence-electron chi connectivity index (χ1n) is 10.1. The van der Waals surface area contributed by atoms with E-state index >= 15 is 0 Å². The first-order chi connectivity index (χ1) is 13.3. The molecule has 1 N–H and O–H groups in total. The molecule has 6 nitrogen and oxygen atoms in total. The zero-order valence-electron chi connectivity index (χ0n) is 17.5. The van der Waals surface area contributed by atoms with Gasteiger partial charge in [-0.3, -0.25) is 9.80 Å². The minimum atomic E-state index is -0.503. The van der Waals surface area contributed by atoms with Gasteiger partial charge in [-0.15, -0.1) is 0 Å². The summed E-state index contributed by atoms with van der Waals surface area (Å²) in [5, 5.41) is 14.4. The molecule has 1 aromatic heterocycles. The van der Waals surface area contributed by atoms with Crippen LogP contribution in [0.3, 0.4) is 0 Å². The van der Waals surface area contributed by atoms with Crippen LogP contribution >= 0.6 is 0 Å². The number of para-hydroxylation sites is 1. The van der Waals surface area contributed by atoms with Crippen molar-refractivity contribution in [2.75, 3.05) is 39.3 Å². The molecule has 0 spiro atoms. The molecule has 1 unspecified atom stereocenters. The molecule has 1 fully saturated rings. The Hall–Kier alpha value is -1.89. The van der Waals surface area contributed by atoms with Crippen molar-refractivity contribution in [2.24, 2.45) is 0 Å². The van der Waals surface area contributed by atoms with Crippen LogP contribution in [0.5, 0.6) is 5.75 Å². The summed E-state index contributed by atoms with van der Waals surface area (Å²) in [7, 11) is 0. The smallest absolute Gasteiger partial charge is 0.150 e. The van der Waals surface area contributed by atoms with E-state index in [0.29, 0.717) is 13.2 Å². The average Bonchev–Trinajstić information content (AvgIpc) is 3.06. The van der Waals surface area contributed by atoms with Crippen molar-refractivity contribution < 1.29 is 14.4 Å². The molecule has 1 atom stereocenters. The maximum atomic E-state index is 10.5. The Morgan fingerprint density at radius 1 is 1.14 bits per heavy atom. The van der Waals surface area contributed by atoms with Gasteiger partial charge in [0, 0.05) is 38.8 Å². The minimum Gasteiger partial charge on any atom is -0.491 e. The van der Waals surface area contributed by atoms with Gasteiger partial charge < -0.3 is 14.4 Å². The first-order valence-corrected chi connectivity index (χ1v) is 10.1. The third-order valence-electron chi connectivity index (χ3n) is 5.12. The number of hydrogen-bond donors (Lipinski definition) is 1. The van der Waals surface area contributed by atoms with Crippen LogP contribution < -0.4 is 4.74 Å². The average molecular weight is 388 g/mol. The predicted octanol–water partition coefficient (Wildman–Crippen LogP) is 2.84. The Morgan fingerprint density at radius 3 is 2.46 bits per heavy atom. The van der Waals surface area contributed by atoms with Crippen molar-refractivity contribution in [3.8, 4) is 5.75 Å². The lowest BCUT2D eigenvalue weighted by Gasteiger charge is -2.35. The lowest BCUT2D eigenvalue weighted by Crippen LogP contribution is -2.48. The van der Waals surface area contributed by atoms with E-state index in [-0.39, 0.29) is 5.41 Å². The number of β-amino-alcohol motifs (C(OH)–C–C–N with tert-alkyl or cyclic N) is 1. The van der Waals surface area contributed by atoms with E-state index in [1.165, 1.54) is 5.56 Å². The lowest BCUT2D eigenvalue weighted by atomic mass is 9.86. The molecule has 1 aliphatic rings. The summed E-state index contributed by atoms with van der Waals surface area (Å²) >= 11 is 0. The molecule has 1 saturated heterocycles. The number of aliphatic hydroxyl groups excluding tert-OH is 1. The molecule has 28 heavy (non-hydrogen) atoms. The Bertz CT molecular complexity index is 745. The van der Waals surface area contributed by atoms with Crippen molar-refractivity contribution in [3.63, 3.8) is 0 Å². The van der Waals surface area contributed by atoms with Crippen molar-refractivity contribution in [3.05, 3.63) is 47.3 Å². The molecule has 0 aliphatic carbocycles. The minimum absolute atomic E-state index is 0.0138. The van der Waals surface area contributed by atoms with Crippen LogP contribution in [0.25, 0.3) is 0 Å². The molecule has 2 heterocycles. The summed E-state index contributed by atoms with van der Waals surface area (Å²) in [5.74, 6) is 1.78. The largest absolute Gasteiger partial charge is 0.491 e. The van der Waals surface area contributed by atoms with Gasteiger partial charge in [0.05, 0.1) is 12.2 Å². The summed E-state index contributed by atoms with van der Waals surface area (Å²) in [6, 6.07) is 10.1. The number of piperazine rings is 1. The molecule has 0 amide bonds. The van der Waals surface area contributed by atoms with E-state index in [9.17, 15) is 5.11 Å². The molecule has 2 aromatic rings. The fraction of sp³-hybridized carbons (Fsp3) is 0.591. The van der Waals surface area contributed by atoms with Gasteiger partial charge in [-0.2, -0.15) is 0 Å². The van der Waals surface area contributed by atoms with E-state index in [2.05, 4.69) is 41.8 Å². The maximum absolute atomic E-state index is 10.5. The maximum Gasteiger partial charge on any atom is 0.150 e. The van der Waals surface area contributed by atoms with Crippen LogP contribution in [0.2, 0.25) is 0 Å². The van der Waals surface area contributed by atoms with Crippen LogP contribution in [-0.2, 0) is 12.0 Å². The molecule has 0 saturated carbocycles. The van der Waals surface area contributed by atoms with Crippen molar-refractivity contribution >= 4 is 0 Å². The molecule has 3 rings (SSSR count). The number of aromatic nitrogens is 1. The monoisotopic (exact) mass is 387 g/mol. The van der Waals surface area contributed by atoms with Gasteiger partial charge in [-0.1, -0.05) is 44.1 Å². The number of rotatable bonds is 7. The van der Waals surface area contributed by atoms with Crippen LogP contribution in [0.15, 0.2) is 34.9 Å². The second-order valence-corrected chi connectivity index (χ2v) is 8.72. The molecule has 6 heteroatoms. The zero-order chi connectivity index (χ0) is 20.1. The van der Waals surface area contributed by atoms with Crippen molar-refractivity contribution in [1.82, 2.24) is 15.0 Å². The topological polar surface area (TPSA) is 62.0 Å². The normalized spacial score (nSPS) is 17.6. The van der Waals surface area contributed by atoms with Gasteiger partial charge in [0.2, 0.25) is 0 Å². The highest BCUT2D eigenvalue weighted by Gasteiger charge is 2.22. The van der Waals surface area contributed by atoms with Gasteiger partial charge in [-0.05, 0) is 24.0 Å². The SMILES string of the molecule is Cc1cc(CN2CCN(CC(O)COc3ccccc3C(C)(C)C)CC2)on1. The van der Waals surface area contributed by atoms with Gasteiger partial charge in [-0.25, -0.2) is 0 Å². The zero-order valence-corrected chi connectivity index (χ0v) is 17.5. The Kier molecular flexibility index (Phi) is 6.75. The number of nitrogens with zero attached hydrogens (tertiary/aromatic N) is 3. The van der Waals surface area contributed by atoms with Gasteiger partial charge in [0.1, 0.15) is 18.5 Å². The highest BCUT2D eigenvalue weighted by Crippen LogP contribution is 2.31. The molecule has 154 valence electrons. The molecular weight excluding hydrogens is 354 g/mol. The molecular formula is C22H33N3O3. The van der Waals surface area contributed by atoms with Gasteiger partial charge >= 0.3 is 0 Å². The van der Waals surface area contributed by atoms with Crippen LogP contribution in [-0.4, -0.2) is 65.5 Å². The van der Waals surface area contributed by atoms with E-state index < -0.39 is 6.10 Å². The number of benzene rings is 1. The third-order valence-corrected chi connectivity index (χ3v) is 5.12. The molecule has 1 aromatic carbocycles. The molecule has 0 radical (unpaired) electrons. The lowest BCUT2D eigenvalue weighted by molar-refractivity contribution is 0.0426. The molecule has 0 bridgehead atoms. The third kappa shape index (κ3) is 5.80. The van der Waals surface area contributed by atoms with E-state index in [4.69, 9.17) is 9.26 Å². The highest BCUT2D eigenvalue weighted by atomic mass is 16.5. The number of aryl methyl sites for hydroxylation is 1. The van der Waals surface area contributed by atoms with Crippen LogP contribution in [0, 0.1) is 6.92 Å².